The first-order chi connectivity index (χ1) is 14.4. The molecule has 2 heterocycles. The zero-order valence-corrected chi connectivity index (χ0v) is 16.9. The van der Waals surface area contributed by atoms with Crippen LogP contribution in [0.1, 0.15) is 13.3 Å². The van der Waals surface area contributed by atoms with Crippen LogP contribution in [0.2, 0.25) is 0 Å². The predicted octanol–water partition coefficient (Wildman–Crippen LogP) is 5.30. The summed E-state index contributed by atoms with van der Waals surface area (Å²) in [7, 11) is 0. The van der Waals surface area contributed by atoms with Crippen LogP contribution >= 0.6 is 11.6 Å². The summed E-state index contributed by atoms with van der Waals surface area (Å²) >= 11 is 6.03. The summed E-state index contributed by atoms with van der Waals surface area (Å²) in [5, 5.41) is 3.71. The number of rotatable bonds is 5. The van der Waals surface area contributed by atoms with Crippen LogP contribution in [-0.4, -0.2) is 20.7 Å². The minimum absolute atomic E-state index is 0.120. The summed E-state index contributed by atoms with van der Waals surface area (Å²) in [5.74, 6) is 1.04. The van der Waals surface area contributed by atoms with Gasteiger partial charge in [0.2, 0.25) is 5.95 Å². The first-order valence-corrected chi connectivity index (χ1v) is 9.63. The van der Waals surface area contributed by atoms with Gasteiger partial charge in [-0.3, -0.25) is 0 Å². The fourth-order valence-corrected chi connectivity index (χ4v) is 3.38. The number of benzene rings is 2. The normalized spacial score (nSPS) is 18.0. The van der Waals surface area contributed by atoms with Crippen molar-refractivity contribution in [3.05, 3.63) is 72.7 Å². The number of halogens is 2. The molecular formula is C22H19ClFN5O. The van der Waals surface area contributed by atoms with Crippen LogP contribution in [-0.2, 0) is 0 Å². The summed E-state index contributed by atoms with van der Waals surface area (Å²) in [4.78, 5) is 12.5. The number of nitrogens with one attached hydrogen (secondary N) is 1. The minimum atomic E-state index is -0.543. The molecule has 2 aromatic carbocycles. The number of aliphatic imine (C=N–C) groups is 1. The Hall–Kier alpha value is -3.45. The van der Waals surface area contributed by atoms with E-state index in [1.54, 1.807) is 24.4 Å². The number of nitrogens with two attached hydrogens (primary N) is 1. The summed E-state index contributed by atoms with van der Waals surface area (Å²) < 4.78 is 19.2. The highest BCUT2D eigenvalue weighted by molar-refractivity contribution is 6.65. The van der Waals surface area contributed by atoms with Crippen LogP contribution in [0.25, 0.3) is 11.3 Å². The second-order valence-electron chi connectivity index (χ2n) is 7.07. The fraction of sp³-hybridized carbons (Fsp3) is 0.136. The van der Waals surface area contributed by atoms with Crippen LogP contribution in [0.5, 0.6) is 5.75 Å². The third-order valence-electron chi connectivity index (χ3n) is 4.50. The van der Waals surface area contributed by atoms with Crippen LogP contribution in [0.4, 0.5) is 21.8 Å². The van der Waals surface area contributed by atoms with E-state index in [9.17, 15) is 4.39 Å². The molecule has 0 saturated carbocycles. The largest absolute Gasteiger partial charge is 0.483 e. The lowest BCUT2D eigenvalue weighted by atomic mass is 10.0. The number of hydrogen-bond donors (Lipinski definition) is 2. The smallest absolute Gasteiger partial charge is 0.222 e. The van der Waals surface area contributed by atoms with Gasteiger partial charge in [0.05, 0.1) is 5.69 Å². The average molecular weight is 424 g/mol. The number of nitrogen functional groups attached to an aromatic ring is 1. The Morgan fingerprint density at radius 3 is 2.53 bits per heavy atom. The van der Waals surface area contributed by atoms with Crippen LogP contribution in [0, 0.1) is 5.82 Å². The fourth-order valence-electron chi connectivity index (χ4n) is 3.06. The molecule has 1 aromatic heterocycles. The third-order valence-corrected chi connectivity index (χ3v) is 4.73. The Kier molecular flexibility index (Phi) is 5.37. The van der Waals surface area contributed by atoms with Gasteiger partial charge in [-0.2, -0.15) is 4.98 Å². The van der Waals surface area contributed by atoms with Crippen molar-refractivity contribution in [3.8, 4) is 17.0 Å². The molecule has 0 aliphatic carbocycles. The van der Waals surface area contributed by atoms with Gasteiger partial charge in [0.1, 0.15) is 28.2 Å². The van der Waals surface area contributed by atoms with Gasteiger partial charge in [-0.1, -0.05) is 11.6 Å². The first-order valence-electron chi connectivity index (χ1n) is 9.25. The van der Waals surface area contributed by atoms with Crippen LogP contribution < -0.4 is 15.8 Å². The van der Waals surface area contributed by atoms with E-state index >= 15 is 0 Å². The van der Waals surface area contributed by atoms with Gasteiger partial charge in [0.25, 0.3) is 0 Å². The molecule has 1 aliphatic heterocycles. The van der Waals surface area contributed by atoms with Crippen molar-refractivity contribution in [3.63, 3.8) is 0 Å². The van der Waals surface area contributed by atoms with Gasteiger partial charge in [-0.15, -0.1) is 0 Å². The standard InChI is InChI=1S/C22H19ClFN5O/c1-22(10-11-26-19(23)13-22)30-17-8-6-16(7-9-17)27-20-12-18(28-21(25)29-20)14-2-4-15(24)5-3-14/h2-12H,13H2,1H3,(H3,25,27,28,29). The van der Waals surface area contributed by atoms with Crippen molar-refractivity contribution in [2.45, 2.75) is 18.9 Å². The second kappa shape index (κ2) is 8.12. The van der Waals surface area contributed by atoms with E-state index in [0.29, 0.717) is 28.9 Å². The summed E-state index contributed by atoms with van der Waals surface area (Å²) in [6, 6.07) is 15.2. The number of aromatic nitrogens is 2. The Balaban J connectivity index is 1.49. The quantitative estimate of drug-likeness (QED) is 0.581. The van der Waals surface area contributed by atoms with Crippen molar-refractivity contribution in [2.75, 3.05) is 11.1 Å². The average Bonchev–Trinajstić information content (AvgIpc) is 2.69. The highest BCUT2D eigenvalue weighted by atomic mass is 35.5. The number of hydrogen-bond acceptors (Lipinski definition) is 6. The molecule has 0 radical (unpaired) electrons. The van der Waals surface area contributed by atoms with Crippen molar-refractivity contribution in [1.82, 2.24) is 9.97 Å². The van der Waals surface area contributed by atoms with Gasteiger partial charge in [0, 0.05) is 29.9 Å². The molecule has 0 spiro atoms. The lowest BCUT2D eigenvalue weighted by Crippen LogP contribution is -2.33. The monoisotopic (exact) mass is 423 g/mol. The summed E-state index contributed by atoms with van der Waals surface area (Å²) in [6.45, 7) is 1.95. The SMILES string of the molecule is CC1(Oc2ccc(Nc3cc(-c4ccc(F)cc4)nc(N)n3)cc2)C=CN=C(Cl)C1. The van der Waals surface area contributed by atoms with E-state index in [2.05, 4.69) is 20.3 Å². The van der Waals surface area contributed by atoms with E-state index in [1.807, 2.05) is 37.3 Å². The Labute approximate surface area is 178 Å². The zero-order chi connectivity index (χ0) is 21.1. The molecule has 3 N–H and O–H groups in total. The Morgan fingerprint density at radius 1 is 1.10 bits per heavy atom. The van der Waals surface area contributed by atoms with Gasteiger partial charge in [0.15, 0.2) is 0 Å². The zero-order valence-electron chi connectivity index (χ0n) is 16.1. The maximum absolute atomic E-state index is 13.2. The van der Waals surface area contributed by atoms with Gasteiger partial charge >= 0.3 is 0 Å². The van der Waals surface area contributed by atoms with Gasteiger partial charge < -0.3 is 15.8 Å². The molecule has 0 bridgehead atoms. The maximum Gasteiger partial charge on any atom is 0.222 e. The van der Waals surface area contributed by atoms with Crippen molar-refractivity contribution < 1.29 is 9.13 Å². The van der Waals surface area contributed by atoms with E-state index in [-0.39, 0.29) is 11.8 Å². The molecule has 30 heavy (non-hydrogen) atoms. The van der Waals surface area contributed by atoms with E-state index in [1.165, 1.54) is 12.1 Å². The Morgan fingerprint density at radius 2 is 1.83 bits per heavy atom. The molecule has 0 fully saturated rings. The number of nitrogens with zero attached hydrogens (tertiary/aromatic N) is 3. The molecular weight excluding hydrogens is 405 g/mol. The summed E-state index contributed by atoms with van der Waals surface area (Å²) in [5.41, 5.74) is 7.45. The van der Waals surface area contributed by atoms with Crippen molar-refractivity contribution >= 4 is 34.2 Å². The highest BCUT2D eigenvalue weighted by Crippen LogP contribution is 2.29. The maximum atomic E-state index is 13.2. The van der Waals surface area contributed by atoms with E-state index < -0.39 is 5.60 Å². The molecule has 1 unspecified atom stereocenters. The molecule has 6 nitrogen and oxygen atoms in total. The van der Waals surface area contributed by atoms with Gasteiger partial charge in [-0.25, -0.2) is 14.4 Å². The molecule has 0 saturated heterocycles. The van der Waals surface area contributed by atoms with Crippen molar-refractivity contribution in [2.24, 2.45) is 4.99 Å². The first kappa shape index (κ1) is 19.8. The topological polar surface area (TPSA) is 85.4 Å². The van der Waals surface area contributed by atoms with Gasteiger partial charge in [-0.05, 0) is 61.5 Å². The Bertz CT molecular complexity index is 1120. The third kappa shape index (κ3) is 4.75. The van der Waals surface area contributed by atoms with Crippen LogP contribution in [0.3, 0.4) is 0 Å². The lowest BCUT2D eigenvalue weighted by Gasteiger charge is -2.28. The molecule has 152 valence electrons. The molecule has 1 atom stereocenters. The summed E-state index contributed by atoms with van der Waals surface area (Å²) in [6.07, 6.45) is 4.04. The van der Waals surface area contributed by atoms with E-state index in [0.717, 1.165) is 11.3 Å². The molecule has 3 aromatic rings. The molecule has 4 rings (SSSR count). The lowest BCUT2D eigenvalue weighted by molar-refractivity contribution is 0.148. The molecule has 1 aliphatic rings. The number of anilines is 3. The minimum Gasteiger partial charge on any atom is -0.483 e. The molecule has 8 heteroatoms. The molecule has 0 amide bonds. The second-order valence-corrected chi connectivity index (χ2v) is 7.50. The van der Waals surface area contributed by atoms with Crippen LogP contribution in [0.15, 0.2) is 71.9 Å². The van der Waals surface area contributed by atoms with E-state index in [4.69, 9.17) is 22.1 Å². The van der Waals surface area contributed by atoms with Crippen molar-refractivity contribution in [1.29, 1.82) is 0 Å². The highest BCUT2D eigenvalue weighted by Gasteiger charge is 2.27. The number of ether oxygens (including phenoxy) is 1. The predicted molar refractivity (Wildman–Crippen MR) is 118 cm³/mol.